The first-order valence-electron chi connectivity index (χ1n) is 11.2. The largest absolute Gasteiger partial charge is 0.331 e. The van der Waals surface area contributed by atoms with Crippen LogP contribution in [0.5, 0.6) is 0 Å². The second-order valence-electron chi connectivity index (χ2n) is 8.45. The fourth-order valence-electron chi connectivity index (χ4n) is 4.84. The number of rotatable bonds is 3. The molecule has 3 heterocycles. The van der Waals surface area contributed by atoms with Crippen LogP contribution in [0.4, 0.5) is 10.5 Å². The van der Waals surface area contributed by atoms with Gasteiger partial charge in [-0.25, -0.2) is 4.79 Å². The average Bonchev–Trinajstić information content (AvgIpc) is 3.33. The van der Waals surface area contributed by atoms with Crippen LogP contribution in [0.25, 0.3) is 0 Å². The SMILES string of the molecule is O=C(Nc1ccccc1)N1CCC(C(=O)N2CCc3sccc3[C@@H]2c2ccccc2)CC1. The third-order valence-corrected chi connectivity index (χ3v) is 7.52. The quantitative estimate of drug-likeness (QED) is 0.605. The van der Waals surface area contributed by atoms with Gasteiger partial charge in [0.25, 0.3) is 0 Å². The third-order valence-electron chi connectivity index (χ3n) is 6.52. The molecule has 0 unspecified atom stereocenters. The topological polar surface area (TPSA) is 52.7 Å². The first-order chi connectivity index (χ1) is 15.7. The summed E-state index contributed by atoms with van der Waals surface area (Å²) in [6, 6.07) is 21.9. The number of piperidine rings is 1. The summed E-state index contributed by atoms with van der Waals surface area (Å²) in [5, 5.41) is 5.09. The number of nitrogens with one attached hydrogen (secondary N) is 1. The maximum absolute atomic E-state index is 13.6. The van der Waals surface area contributed by atoms with Gasteiger partial charge in [-0.15, -0.1) is 11.3 Å². The lowest BCUT2D eigenvalue weighted by molar-refractivity contribution is -0.139. The smallest absolute Gasteiger partial charge is 0.321 e. The van der Waals surface area contributed by atoms with Gasteiger partial charge in [-0.2, -0.15) is 0 Å². The zero-order chi connectivity index (χ0) is 21.9. The van der Waals surface area contributed by atoms with Crippen LogP contribution in [-0.2, 0) is 11.2 Å². The summed E-state index contributed by atoms with van der Waals surface area (Å²) < 4.78 is 0. The highest BCUT2D eigenvalue weighted by molar-refractivity contribution is 7.10. The van der Waals surface area contributed by atoms with Crippen molar-refractivity contribution in [1.29, 1.82) is 0 Å². The van der Waals surface area contributed by atoms with Crippen LogP contribution in [-0.4, -0.2) is 41.4 Å². The molecule has 164 valence electrons. The molecular formula is C26H27N3O2S. The standard InChI is InChI=1S/C26H27N3O2S/c30-25(20-11-15-28(16-12-20)26(31)27-21-9-5-2-6-10-21)29-17-13-23-22(14-18-32-23)24(29)19-7-3-1-4-8-19/h1-10,14,18,20,24H,11-13,15-17H2,(H,27,31)/t24-/m0/s1. The van der Waals surface area contributed by atoms with E-state index in [-0.39, 0.29) is 23.9 Å². The molecule has 3 amide bonds. The van der Waals surface area contributed by atoms with Crippen molar-refractivity contribution in [2.75, 3.05) is 25.0 Å². The minimum Gasteiger partial charge on any atom is -0.331 e. The Morgan fingerprint density at radius 2 is 1.56 bits per heavy atom. The normalized spacial score (nSPS) is 18.8. The van der Waals surface area contributed by atoms with E-state index in [0.717, 1.165) is 18.7 Å². The van der Waals surface area contributed by atoms with Crippen LogP contribution in [0.15, 0.2) is 72.1 Å². The second kappa shape index (κ2) is 9.17. The minimum absolute atomic E-state index is 0.0156. The number of hydrogen-bond donors (Lipinski definition) is 1. The van der Waals surface area contributed by atoms with E-state index in [2.05, 4.69) is 33.8 Å². The summed E-state index contributed by atoms with van der Waals surface area (Å²) in [7, 11) is 0. The molecule has 6 heteroatoms. The average molecular weight is 446 g/mol. The molecular weight excluding hydrogens is 418 g/mol. The van der Waals surface area contributed by atoms with E-state index in [1.807, 2.05) is 53.4 Å². The van der Waals surface area contributed by atoms with Gasteiger partial charge in [0.2, 0.25) is 5.91 Å². The zero-order valence-electron chi connectivity index (χ0n) is 17.9. The van der Waals surface area contributed by atoms with Crippen molar-refractivity contribution in [1.82, 2.24) is 9.80 Å². The van der Waals surface area contributed by atoms with Crippen LogP contribution in [0, 0.1) is 5.92 Å². The summed E-state index contributed by atoms with van der Waals surface area (Å²) in [4.78, 5) is 31.5. The molecule has 1 saturated heterocycles. The molecule has 1 aromatic heterocycles. The lowest BCUT2D eigenvalue weighted by Gasteiger charge is -2.40. The first kappa shape index (κ1) is 20.8. The van der Waals surface area contributed by atoms with Crippen molar-refractivity contribution in [2.24, 2.45) is 5.92 Å². The summed E-state index contributed by atoms with van der Waals surface area (Å²) in [6.07, 6.45) is 2.32. The third kappa shape index (κ3) is 4.15. The first-order valence-corrected chi connectivity index (χ1v) is 12.1. The number of amides is 3. The number of fused-ring (bicyclic) bond motifs is 1. The molecule has 2 aromatic carbocycles. The van der Waals surface area contributed by atoms with Gasteiger partial charge in [0, 0.05) is 36.1 Å². The number of benzene rings is 2. The second-order valence-corrected chi connectivity index (χ2v) is 9.45. The predicted molar refractivity (Wildman–Crippen MR) is 128 cm³/mol. The number of para-hydroxylation sites is 1. The predicted octanol–water partition coefficient (Wildman–Crippen LogP) is 5.17. The van der Waals surface area contributed by atoms with Crippen LogP contribution in [0.2, 0.25) is 0 Å². The Bertz CT molecular complexity index is 1070. The molecule has 0 spiro atoms. The minimum atomic E-state index is -0.0925. The van der Waals surface area contributed by atoms with Gasteiger partial charge >= 0.3 is 6.03 Å². The maximum Gasteiger partial charge on any atom is 0.321 e. The molecule has 1 N–H and O–H groups in total. The number of urea groups is 1. The molecule has 0 saturated carbocycles. The summed E-state index contributed by atoms with van der Waals surface area (Å²) in [5.74, 6) is 0.181. The lowest BCUT2D eigenvalue weighted by Crippen LogP contribution is -2.48. The van der Waals surface area contributed by atoms with Crippen molar-refractivity contribution in [3.63, 3.8) is 0 Å². The summed E-state index contributed by atoms with van der Waals surface area (Å²) in [6.45, 7) is 1.95. The molecule has 5 rings (SSSR count). The number of carbonyl (C=O) groups excluding carboxylic acids is 2. The van der Waals surface area contributed by atoms with Gasteiger partial charge in [0.05, 0.1) is 6.04 Å². The molecule has 1 fully saturated rings. The molecule has 0 bridgehead atoms. The van der Waals surface area contributed by atoms with Crippen molar-refractivity contribution < 1.29 is 9.59 Å². The lowest BCUT2D eigenvalue weighted by atomic mass is 9.89. The Labute approximate surface area is 192 Å². The Morgan fingerprint density at radius 1 is 0.875 bits per heavy atom. The van der Waals surface area contributed by atoms with Crippen LogP contribution in [0.3, 0.4) is 0 Å². The van der Waals surface area contributed by atoms with E-state index in [0.29, 0.717) is 25.9 Å². The van der Waals surface area contributed by atoms with E-state index >= 15 is 0 Å². The Kier molecular flexibility index (Phi) is 5.95. The summed E-state index contributed by atoms with van der Waals surface area (Å²) in [5.41, 5.74) is 3.22. The van der Waals surface area contributed by atoms with E-state index < -0.39 is 0 Å². The fourth-order valence-corrected chi connectivity index (χ4v) is 5.74. The highest BCUT2D eigenvalue weighted by Crippen LogP contribution is 2.39. The monoisotopic (exact) mass is 445 g/mol. The van der Waals surface area contributed by atoms with E-state index in [1.165, 1.54) is 16.0 Å². The van der Waals surface area contributed by atoms with Gasteiger partial charge in [-0.05, 0) is 54.0 Å². The summed E-state index contributed by atoms with van der Waals surface area (Å²) >= 11 is 1.79. The van der Waals surface area contributed by atoms with Crippen molar-refractivity contribution in [3.8, 4) is 0 Å². The Morgan fingerprint density at radius 3 is 2.28 bits per heavy atom. The fraction of sp³-hybridized carbons (Fsp3) is 0.308. The molecule has 32 heavy (non-hydrogen) atoms. The number of nitrogens with zero attached hydrogens (tertiary/aromatic N) is 2. The molecule has 2 aliphatic heterocycles. The van der Waals surface area contributed by atoms with Gasteiger partial charge in [-0.1, -0.05) is 48.5 Å². The van der Waals surface area contributed by atoms with E-state index in [4.69, 9.17) is 0 Å². The molecule has 3 aromatic rings. The Balaban J connectivity index is 1.27. The van der Waals surface area contributed by atoms with Gasteiger partial charge in [0.1, 0.15) is 0 Å². The number of anilines is 1. The molecule has 1 atom stereocenters. The van der Waals surface area contributed by atoms with Crippen molar-refractivity contribution >= 4 is 29.0 Å². The number of thiophene rings is 1. The van der Waals surface area contributed by atoms with Gasteiger partial charge in [0.15, 0.2) is 0 Å². The maximum atomic E-state index is 13.6. The molecule has 5 nitrogen and oxygen atoms in total. The molecule has 0 aliphatic carbocycles. The van der Waals surface area contributed by atoms with Crippen molar-refractivity contribution in [3.05, 3.63) is 88.1 Å². The van der Waals surface area contributed by atoms with E-state index in [9.17, 15) is 9.59 Å². The van der Waals surface area contributed by atoms with E-state index in [1.54, 1.807) is 11.3 Å². The van der Waals surface area contributed by atoms with Crippen LogP contribution in [0.1, 0.15) is 34.9 Å². The number of hydrogen-bond acceptors (Lipinski definition) is 3. The van der Waals surface area contributed by atoms with Gasteiger partial charge < -0.3 is 15.1 Å². The molecule has 2 aliphatic rings. The number of carbonyl (C=O) groups is 2. The Hall–Kier alpha value is -3.12. The molecule has 0 radical (unpaired) electrons. The van der Waals surface area contributed by atoms with Crippen LogP contribution < -0.4 is 5.32 Å². The van der Waals surface area contributed by atoms with Crippen molar-refractivity contribution in [2.45, 2.75) is 25.3 Å². The number of likely N-dealkylation sites (tertiary alicyclic amines) is 1. The highest BCUT2D eigenvalue weighted by atomic mass is 32.1. The highest BCUT2D eigenvalue weighted by Gasteiger charge is 2.37. The van der Waals surface area contributed by atoms with Crippen LogP contribution >= 0.6 is 11.3 Å². The zero-order valence-corrected chi connectivity index (χ0v) is 18.8. The van der Waals surface area contributed by atoms with Gasteiger partial charge in [-0.3, -0.25) is 4.79 Å².